The van der Waals surface area contributed by atoms with Gasteiger partial charge < -0.3 is 15.7 Å². The summed E-state index contributed by atoms with van der Waals surface area (Å²) in [7, 11) is 0. The molecule has 1 aliphatic heterocycles. The lowest BCUT2D eigenvalue weighted by Crippen LogP contribution is -2.38. The van der Waals surface area contributed by atoms with Gasteiger partial charge in [-0.1, -0.05) is 0 Å². The first-order valence-electron chi connectivity index (χ1n) is 5.76. The van der Waals surface area contributed by atoms with Crippen LogP contribution in [-0.2, 0) is 4.79 Å². The van der Waals surface area contributed by atoms with Crippen LogP contribution in [0.15, 0.2) is 12.1 Å². The van der Waals surface area contributed by atoms with Gasteiger partial charge >= 0.3 is 5.97 Å². The number of hydrogen-bond acceptors (Lipinski definition) is 4. The van der Waals surface area contributed by atoms with E-state index in [0.717, 1.165) is 11.3 Å². The van der Waals surface area contributed by atoms with Crippen molar-refractivity contribution in [1.29, 1.82) is 0 Å². The average molecular weight is 282 g/mol. The average Bonchev–Trinajstić information content (AvgIpc) is 2.95. The summed E-state index contributed by atoms with van der Waals surface area (Å²) >= 11 is 0.938. The summed E-state index contributed by atoms with van der Waals surface area (Å²) < 4.78 is 0. The van der Waals surface area contributed by atoms with Gasteiger partial charge in [-0.05, 0) is 25.5 Å². The second-order valence-corrected chi connectivity index (χ2v) is 5.95. The largest absolute Gasteiger partial charge is 0.477 e. The predicted octanol–water partition coefficient (Wildman–Crippen LogP) is 0.784. The number of carbonyl (C=O) groups excluding carboxylic acids is 2. The molecule has 1 aromatic rings. The van der Waals surface area contributed by atoms with E-state index in [-0.39, 0.29) is 17.3 Å². The standard InChI is InChI=1S/C12H14N2O4S/c1-12(11(13)18)4-5-14(6-12)9(15)7-2-3-8(19-7)10(16)17/h2-3H,4-6H2,1H3,(H2,13,18)(H,16,17). The maximum atomic E-state index is 12.2. The van der Waals surface area contributed by atoms with Crippen molar-refractivity contribution in [3.05, 3.63) is 21.9 Å². The van der Waals surface area contributed by atoms with Gasteiger partial charge in [-0.25, -0.2) is 4.79 Å². The number of amides is 2. The molecule has 1 aliphatic rings. The summed E-state index contributed by atoms with van der Waals surface area (Å²) in [6.45, 7) is 2.47. The third-order valence-electron chi connectivity index (χ3n) is 3.38. The quantitative estimate of drug-likeness (QED) is 0.855. The molecular formula is C12H14N2O4S. The Hall–Kier alpha value is -1.89. The number of rotatable bonds is 3. The van der Waals surface area contributed by atoms with Crippen LogP contribution in [0.5, 0.6) is 0 Å². The fourth-order valence-electron chi connectivity index (χ4n) is 2.06. The molecule has 6 nitrogen and oxygen atoms in total. The van der Waals surface area contributed by atoms with E-state index >= 15 is 0 Å². The molecule has 0 spiro atoms. The molecule has 0 bridgehead atoms. The first-order valence-corrected chi connectivity index (χ1v) is 6.57. The van der Waals surface area contributed by atoms with Gasteiger partial charge in [0.25, 0.3) is 5.91 Å². The Morgan fingerprint density at radius 2 is 2.00 bits per heavy atom. The van der Waals surface area contributed by atoms with Crippen LogP contribution in [0.3, 0.4) is 0 Å². The van der Waals surface area contributed by atoms with Crippen molar-refractivity contribution in [3.8, 4) is 0 Å². The van der Waals surface area contributed by atoms with Gasteiger partial charge in [0.05, 0.1) is 10.3 Å². The minimum absolute atomic E-state index is 0.125. The summed E-state index contributed by atoms with van der Waals surface area (Å²) in [5.41, 5.74) is 4.63. The summed E-state index contributed by atoms with van der Waals surface area (Å²) in [4.78, 5) is 36.3. The maximum absolute atomic E-state index is 12.2. The van der Waals surface area contributed by atoms with Crippen LogP contribution in [0.4, 0.5) is 0 Å². The molecule has 102 valence electrons. The second-order valence-electron chi connectivity index (χ2n) is 4.87. The van der Waals surface area contributed by atoms with Gasteiger partial charge in [-0.2, -0.15) is 0 Å². The highest BCUT2D eigenvalue weighted by atomic mass is 32.1. The van der Waals surface area contributed by atoms with E-state index in [1.54, 1.807) is 11.8 Å². The van der Waals surface area contributed by atoms with Crippen LogP contribution in [0.1, 0.15) is 32.7 Å². The van der Waals surface area contributed by atoms with E-state index < -0.39 is 17.3 Å². The molecule has 1 unspecified atom stereocenters. The zero-order valence-electron chi connectivity index (χ0n) is 10.4. The number of carbonyl (C=O) groups is 3. The minimum atomic E-state index is -1.05. The van der Waals surface area contributed by atoms with E-state index in [2.05, 4.69) is 0 Å². The normalized spacial score (nSPS) is 22.5. The molecule has 0 aliphatic carbocycles. The molecule has 19 heavy (non-hydrogen) atoms. The number of aromatic carboxylic acids is 1. The van der Waals surface area contributed by atoms with Crippen LogP contribution in [-0.4, -0.2) is 40.9 Å². The van der Waals surface area contributed by atoms with Gasteiger partial charge in [-0.15, -0.1) is 11.3 Å². The van der Waals surface area contributed by atoms with E-state index in [1.807, 2.05) is 0 Å². The molecular weight excluding hydrogens is 268 g/mol. The highest BCUT2D eigenvalue weighted by molar-refractivity contribution is 7.15. The number of nitrogens with two attached hydrogens (primary N) is 1. The Balaban J connectivity index is 2.13. The number of primary amides is 1. The van der Waals surface area contributed by atoms with Crippen LogP contribution < -0.4 is 5.73 Å². The Kier molecular flexibility index (Phi) is 3.32. The summed E-state index contributed by atoms with van der Waals surface area (Å²) in [5, 5.41) is 8.83. The minimum Gasteiger partial charge on any atom is -0.477 e. The third-order valence-corrected chi connectivity index (χ3v) is 4.44. The lowest BCUT2D eigenvalue weighted by molar-refractivity contribution is -0.126. The van der Waals surface area contributed by atoms with Gasteiger partial charge in [0.15, 0.2) is 0 Å². The highest BCUT2D eigenvalue weighted by Crippen LogP contribution is 2.31. The van der Waals surface area contributed by atoms with Crippen LogP contribution in [0.2, 0.25) is 0 Å². The molecule has 0 radical (unpaired) electrons. The summed E-state index contributed by atoms with van der Waals surface area (Å²) in [6.07, 6.45) is 0.533. The zero-order valence-corrected chi connectivity index (χ0v) is 11.2. The van der Waals surface area contributed by atoms with E-state index in [4.69, 9.17) is 10.8 Å². The van der Waals surface area contributed by atoms with Crippen LogP contribution in [0.25, 0.3) is 0 Å². The molecule has 0 saturated carbocycles. The first-order chi connectivity index (χ1) is 8.83. The van der Waals surface area contributed by atoms with Gasteiger partial charge in [0.1, 0.15) is 4.88 Å². The molecule has 1 atom stereocenters. The summed E-state index contributed by atoms with van der Waals surface area (Å²) in [5.74, 6) is -1.71. The SMILES string of the molecule is CC1(C(N)=O)CCN(C(=O)c2ccc(C(=O)O)s2)C1. The Labute approximate surface area is 113 Å². The third kappa shape index (κ3) is 2.46. The zero-order chi connectivity index (χ0) is 14.2. The molecule has 1 saturated heterocycles. The lowest BCUT2D eigenvalue weighted by atomic mass is 9.89. The molecule has 1 fully saturated rings. The van der Waals surface area contributed by atoms with Gasteiger partial charge in [0, 0.05) is 13.1 Å². The molecule has 2 heterocycles. The Morgan fingerprint density at radius 3 is 2.47 bits per heavy atom. The first kappa shape index (κ1) is 13.5. The van der Waals surface area contributed by atoms with Gasteiger partial charge in [0.2, 0.25) is 5.91 Å². The van der Waals surface area contributed by atoms with Crippen molar-refractivity contribution in [3.63, 3.8) is 0 Å². The van der Waals surface area contributed by atoms with E-state index in [0.29, 0.717) is 17.8 Å². The van der Waals surface area contributed by atoms with E-state index in [1.165, 1.54) is 12.1 Å². The van der Waals surface area contributed by atoms with Crippen molar-refractivity contribution in [2.75, 3.05) is 13.1 Å². The van der Waals surface area contributed by atoms with Gasteiger partial charge in [-0.3, -0.25) is 9.59 Å². The van der Waals surface area contributed by atoms with Crippen molar-refractivity contribution >= 4 is 29.1 Å². The number of thiophene rings is 1. The molecule has 2 rings (SSSR count). The molecule has 7 heteroatoms. The summed E-state index contributed by atoms with van der Waals surface area (Å²) in [6, 6.07) is 2.90. The monoisotopic (exact) mass is 282 g/mol. The molecule has 0 aromatic carbocycles. The van der Waals surface area contributed by atoms with Crippen molar-refractivity contribution in [1.82, 2.24) is 4.90 Å². The number of carboxylic acids is 1. The second kappa shape index (κ2) is 4.65. The Bertz CT molecular complexity index is 554. The molecule has 1 aromatic heterocycles. The van der Waals surface area contributed by atoms with Crippen molar-refractivity contribution in [2.45, 2.75) is 13.3 Å². The van der Waals surface area contributed by atoms with Crippen molar-refractivity contribution < 1.29 is 19.5 Å². The molecule has 3 N–H and O–H groups in total. The fraction of sp³-hybridized carbons (Fsp3) is 0.417. The number of nitrogens with zero attached hydrogens (tertiary/aromatic N) is 1. The van der Waals surface area contributed by atoms with Crippen LogP contribution >= 0.6 is 11.3 Å². The Morgan fingerprint density at radius 1 is 1.37 bits per heavy atom. The highest BCUT2D eigenvalue weighted by Gasteiger charge is 2.41. The predicted molar refractivity (Wildman–Crippen MR) is 69.1 cm³/mol. The topological polar surface area (TPSA) is 101 Å². The number of carboxylic acid groups (broad SMARTS) is 1. The fourth-order valence-corrected chi connectivity index (χ4v) is 2.87. The number of hydrogen-bond donors (Lipinski definition) is 2. The smallest absolute Gasteiger partial charge is 0.345 e. The lowest BCUT2D eigenvalue weighted by Gasteiger charge is -2.20. The maximum Gasteiger partial charge on any atom is 0.345 e. The van der Waals surface area contributed by atoms with Crippen LogP contribution in [0, 0.1) is 5.41 Å². The van der Waals surface area contributed by atoms with Crippen molar-refractivity contribution in [2.24, 2.45) is 11.1 Å². The molecule has 2 amide bonds. The van der Waals surface area contributed by atoms with E-state index in [9.17, 15) is 14.4 Å². The number of likely N-dealkylation sites (tertiary alicyclic amines) is 1.